The quantitative estimate of drug-likeness (QED) is 0.622. The number of ether oxygens (including phenoxy) is 2. The molecule has 0 saturated carbocycles. The Labute approximate surface area is 167 Å². The van der Waals surface area contributed by atoms with E-state index < -0.39 is 0 Å². The highest BCUT2D eigenvalue weighted by atomic mass is 35.5. The first kappa shape index (κ1) is 19.2. The van der Waals surface area contributed by atoms with Gasteiger partial charge in [-0.3, -0.25) is 9.69 Å². The fraction of sp³-hybridized carbons (Fsp3) is 0.316. The summed E-state index contributed by atoms with van der Waals surface area (Å²) in [6.45, 7) is 2.59. The number of halogens is 2. The number of methoxy groups -OCH3 is 1. The Hall–Kier alpha value is -1.56. The lowest BCUT2D eigenvalue weighted by molar-refractivity contribution is -0.115. The van der Waals surface area contributed by atoms with Gasteiger partial charge in [-0.2, -0.15) is 0 Å². The Morgan fingerprint density at radius 2 is 1.96 bits per heavy atom. The maximum absolute atomic E-state index is 12.5. The summed E-state index contributed by atoms with van der Waals surface area (Å²) >= 11 is 14.0. The molecule has 1 fully saturated rings. The van der Waals surface area contributed by atoms with Crippen LogP contribution in [0.3, 0.4) is 0 Å². The average molecular weight is 412 g/mol. The lowest BCUT2D eigenvalue weighted by atomic mass is 10.1. The van der Waals surface area contributed by atoms with Crippen molar-refractivity contribution in [1.82, 2.24) is 0 Å². The van der Waals surface area contributed by atoms with E-state index in [0.29, 0.717) is 33.9 Å². The molecule has 0 aliphatic carbocycles. The van der Waals surface area contributed by atoms with E-state index in [2.05, 4.69) is 0 Å². The molecular formula is C19H19Cl2NO3S. The summed E-state index contributed by atoms with van der Waals surface area (Å²) < 4.78 is 11.2. The Bertz CT molecular complexity index is 798. The van der Waals surface area contributed by atoms with E-state index in [1.807, 2.05) is 31.2 Å². The van der Waals surface area contributed by atoms with Crippen LogP contribution < -0.4 is 14.4 Å². The molecule has 0 aromatic heterocycles. The predicted molar refractivity (Wildman–Crippen MR) is 108 cm³/mol. The van der Waals surface area contributed by atoms with E-state index in [9.17, 15) is 4.79 Å². The minimum Gasteiger partial charge on any atom is -0.493 e. The molecular weight excluding hydrogens is 393 g/mol. The highest BCUT2D eigenvalue weighted by Gasteiger charge is 2.35. The van der Waals surface area contributed by atoms with Crippen molar-refractivity contribution in [3.63, 3.8) is 0 Å². The second kappa shape index (κ2) is 8.42. The minimum atomic E-state index is -0.185. The van der Waals surface area contributed by atoms with E-state index >= 15 is 0 Å². The maximum Gasteiger partial charge on any atom is 0.238 e. The van der Waals surface area contributed by atoms with Crippen LogP contribution in [0.4, 0.5) is 5.69 Å². The highest BCUT2D eigenvalue weighted by Crippen LogP contribution is 2.46. The molecule has 0 bridgehead atoms. The smallest absolute Gasteiger partial charge is 0.238 e. The van der Waals surface area contributed by atoms with Gasteiger partial charge in [-0.1, -0.05) is 30.1 Å². The number of carbonyl (C=O) groups is 1. The molecule has 3 rings (SSSR count). The van der Waals surface area contributed by atoms with Gasteiger partial charge in [0.1, 0.15) is 5.37 Å². The van der Waals surface area contributed by atoms with Gasteiger partial charge in [0.15, 0.2) is 11.5 Å². The van der Waals surface area contributed by atoms with E-state index in [1.54, 1.807) is 35.9 Å². The van der Waals surface area contributed by atoms with Gasteiger partial charge in [-0.05, 0) is 48.4 Å². The van der Waals surface area contributed by atoms with Crippen molar-refractivity contribution < 1.29 is 14.3 Å². The Morgan fingerprint density at radius 1 is 1.23 bits per heavy atom. The van der Waals surface area contributed by atoms with Gasteiger partial charge in [0.25, 0.3) is 0 Å². The molecule has 1 aliphatic rings. The first-order chi connectivity index (χ1) is 12.5. The van der Waals surface area contributed by atoms with E-state index in [4.69, 9.17) is 32.7 Å². The molecule has 4 nitrogen and oxygen atoms in total. The van der Waals surface area contributed by atoms with Crippen molar-refractivity contribution in [3.8, 4) is 11.5 Å². The monoisotopic (exact) mass is 411 g/mol. The number of hydrogen-bond acceptors (Lipinski definition) is 4. The second-order valence-electron chi connectivity index (χ2n) is 5.79. The Kier molecular flexibility index (Phi) is 6.22. The number of rotatable bonds is 6. The number of benzene rings is 2. The van der Waals surface area contributed by atoms with Gasteiger partial charge in [-0.15, -0.1) is 11.8 Å². The van der Waals surface area contributed by atoms with Crippen LogP contribution in [0.1, 0.15) is 24.3 Å². The lowest BCUT2D eigenvalue weighted by Gasteiger charge is -2.25. The molecule has 1 aliphatic heterocycles. The lowest BCUT2D eigenvalue weighted by Crippen LogP contribution is -2.27. The van der Waals surface area contributed by atoms with Crippen LogP contribution in [0.2, 0.25) is 10.0 Å². The summed E-state index contributed by atoms with van der Waals surface area (Å²) in [6.07, 6.45) is 0.874. The zero-order valence-electron chi connectivity index (χ0n) is 14.5. The summed E-state index contributed by atoms with van der Waals surface area (Å²) in [5, 5.41) is 0.922. The average Bonchev–Trinajstić information content (AvgIpc) is 3.02. The van der Waals surface area contributed by atoms with Crippen molar-refractivity contribution in [2.45, 2.75) is 18.7 Å². The topological polar surface area (TPSA) is 38.8 Å². The van der Waals surface area contributed by atoms with E-state index in [-0.39, 0.29) is 11.3 Å². The molecule has 1 amide bonds. The standard InChI is InChI=1S/C19H19Cl2NO3S/c1-3-8-25-18-15(21)9-12(10-16(18)24-2)19-22(17(23)11-26-19)14-6-4-13(20)5-7-14/h4-7,9-10,19H,3,8,11H2,1-2H3/t19-/m0/s1. The molecule has 2 aromatic carbocycles. The van der Waals surface area contributed by atoms with Crippen LogP contribution >= 0.6 is 35.0 Å². The van der Waals surface area contributed by atoms with Crippen LogP contribution in [-0.2, 0) is 4.79 Å². The van der Waals surface area contributed by atoms with Gasteiger partial charge in [-0.25, -0.2) is 0 Å². The zero-order chi connectivity index (χ0) is 18.7. The minimum absolute atomic E-state index is 0.0451. The third-order valence-electron chi connectivity index (χ3n) is 3.96. The third kappa shape index (κ3) is 3.90. The van der Waals surface area contributed by atoms with Gasteiger partial charge < -0.3 is 9.47 Å². The molecule has 1 saturated heterocycles. The molecule has 0 N–H and O–H groups in total. The van der Waals surface area contributed by atoms with E-state index in [1.165, 1.54) is 0 Å². The maximum atomic E-state index is 12.5. The summed E-state index contributed by atoms with van der Waals surface area (Å²) in [5.74, 6) is 1.55. The fourth-order valence-electron chi connectivity index (χ4n) is 2.78. The molecule has 138 valence electrons. The van der Waals surface area contributed by atoms with Crippen LogP contribution in [-0.4, -0.2) is 25.4 Å². The van der Waals surface area contributed by atoms with Gasteiger partial charge >= 0.3 is 0 Å². The van der Waals surface area contributed by atoms with Crippen molar-refractivity contribution in [2.75, 3.05) is 24.4 Å². The molecule has 0 radical (unpaired) electrons. The number of nitrogens with zero attached hydrogens (tertiary/aromatic N) is 1. The van der Waals surface area contributed by atoms with Gasteiger partial charge in [0.05, 0.1) is 24.5 Å². The molecule has 1 heterocycles. The van der Waals surface area contributed by atoms with Crippen LogP contribution in [0.25, 0.3) is 0 Å². The predicted octanol–water partition coefficient (Wildman–Crippen LogP) is 5.57. The van der Waals surface area contributed by atoms with Gasteiger partial charge in [0, 0.05) is 10.7 Å². The van der Waals surface area contributed by atoms with Crippen LogP contribution in [0.15, 0.2) is 36.4 Å². The van der Waals surface area contributed by atoms with Crippen molar-refractivity contribution in [3.05, 3.63) is 52.0 Å². The summed E-state index contributed by atoms with van der Waals surface area (Å²) in [4.78, 5) is 14.2. The molecule has 0 spiro atoms. The Morgan fingerprint density at radius 3 is 2.62 bits per heavy atom. The zero-order valence-corrected chi connectivity index (χ0v) is 16.8. The summed E-state index contributed by atoms with van der Waals surface area (Å²) in [6, 6.07) is 11.0. The normalized spacial score (nSPS) is 16.8. The van der Waals surface area contributed by atoms with Crippen molar-refractivity contribution in [1.29, 1.82) is 0 Å². The number of thioether (sulfide) groups is 1. The summed E-state index contributed by atoms with van der Waals surface area (Å²) in [7, 11) is 1.58. The largest absolute Gasteiger partial charge is 0.493 e. The fourth-order valence-corrected chi connectivity index (χ4v) is 4.33. The number of carbonyl (C=O) groups excluding carboxylic acids is 1. The molecule has 2 aromatic rings. The molecule has 1 atom stereocenters. The number of anilines is 1. The van der Waals surface area contributed by atoms with Crippen molar-refractivity contribution >= 4 is 46.6 Å². The van der Waals surface area contributed by atoms with Gasteiger partial charge in [0.2, 0.25) is 5.91 Å². The highest BCUT2D eigenvalue weighted by molar-refractivity contribution is 8.00. The van der Waals surface area contributed by atoms with Crippen molar-refractivity contribution in [2.24, 2.45) is 0 Å². The number of amides is 1. The molecule has 7 heteroatoms. The SMILES string of the molecule is CCCOc1c(Cl)cc([C@@H]2SCC(=O)N2c2ccc(Cl)cc2)cc1OC. The van der Waals surface area contributed by atoms with Crippen LogP contribution in [0.5, 0.6) is 11.5 Å². The van der Waals surface area contributed by atoms with Crippen LogP contribution in [0, 0.1) is 0 Å². The Balaban J connectivity index is 1.97. The third-order valence-corrected chi connectivity index (χ3v) is 5.71. The first-order valence-electron chi connectivity index (χ1n) is 8.24. The first-order valence-corrected chi connectivity index (χ1v) is 10.0. The second-order valence-corrected chi connectivity index (χ2v) is 7.70. The number of hydrogen-bond donors (Lipinski definition) is 0. The van der Waals surface area contributed by atoms with E-state index in [0.717, 1.165) is 17.7 Å². The molecule has 26 heavy (non-hydrogen) atoms. The summed E-state index contributed by atoms with van der Waals surface area (Å²) in [5.41, 5.74) is 1.69. The molecule has 0 unspecified atom stereocenters.